The summed E-state index contributed by atoms with van der Waals surface area (Å²) < 4.78 is 0. The zero-order valence-electron chi connectivity index (χ0n) is 12.1. The summed E-state index contributed by atoms with van der Waals surface area (Å²) in [7, 11) is 0. The van der Waals surface area contributed by atoms with Gasteiger partial charge in [0.05, 0.1) is 17.4 Å². The molecule has 0 unspecified atom stereocenters. The van der Waals surface area contributed by atoms with E-state index in [0.717, 1.165) is 5.56 Å². The number of benzene rings is 1. The molecule has 2 aromatic rings. The smallest absolute Gasteiger partial charge is 0.256 e. The summed E-state index contributed by atoms with van der Waals surface area (Å²) in [6.45, 7) is 4.47. The van der Waals surface area contributed by atoms with Crippen molar-refractivity contribution in [2.45, 2.75) is 26.4 Å². The Bertz CT molecular complexity index is 629. The van der Waals surface area contributed by atoms with Gasteiger partial charge < -0.3 is 10.6 Å². The zero-order valence-corrected chi connectivity index (χ0v) is 12.8. The van der Waals surface area contributed by atoms with Gasteiger partial charge in [0, 0.05) is 12.6 Å². The van der Waals surface area contributed by atoms with Crippen molar-refractivity contribution >= 4 is 23.2 Å². The second kappa shape index (κ2) is 6.59. The molecule has 1 aromatic heterocycles. The Morgan fingerprint density at radius 3 is 2.62 bits per heavy atom. The van der Waals surface area contributed by atoms with E-state index in [9.17, 15) is 4.79 Å². The molecule has 0 radical (unpaired) electrons. The minimum atomic E-state index is -0.143. The molecule has 1 heterocycles. The fraction of sp³-hybridized carbons (Fsp3) is 0.250. The normalized spacial score (nSPS) is 10.7. The molecule has 2 rings (SSSR count). The third kappa shape index (κ3) is 3.73. The lowest BCUT2D eigenvalue weighted by Gasteiger charge is -2.27. The molecule has 0 bridgehead atoms. The monoisotopic (exact) mass is 303 g/mol. The number of aromatic nitrogens is 1. The molecule has 110 valence electrons. The number of hydrogen-bond acceptors (Lipinski definition) is 3. The van der Waals surface area contributed by atoms with E-state index in [1.54, 1.807) is 4.90 Å². The number of carbonyl (C=O) groups is 1. The number of anilines is 1. The van der Waals surface area contributed by atoms with Crippen LogP contribution in [0.2, 0.25) is 5.15 Å². The first kappa shape index (κ1) is 15.3. The lowest BCUT2D eigenvalue weighted by Crippen LogP contribution is -2.36. The van der Waals surface area contributed by atoms with Gasteiger partial charge in [-0.1, -0.05) is 41.9 Å². The van der Waals surface area contributed by atoms with E-state index in [1.165, 1.54) is 12.3 Å². The molecule has 2 N–H and O–H groups in total. The third-order valence-corrected chi connectivity index (χ3v) is 3.42. The SMILES string of the molecule is CC(C)N(Cc1ccccc1)C(=O)c1cc(Cl)ncc1N. The number of carbonyl (C=O) groups excluding carboxylic acids is 1. The number of nitrogen functional groups attached to an aromatic ring is 1. The maximum Gasteiger partial charge on any atom is 0.256 e. The van der Waals surface area contributed by atoms with E-state index in [-0.39, 0.29) is 17.1 Å². The molecule has 0 aliphatic carbocycles. The first-order valence-electron chi connectivity index (χ1n) is 6.75. The Hall–Kier alpha value is -2.07. The van der Waals surface area contributed by atoms with Crippen LogP contribution in [0.3, 0.4) is 0 Å². The van der Waals surface area contributed by atoms with Gasteiger partial charge in [0.2, 0.25) is 0 Å². The molecule has 21 heavy (non-hydrogen) atoms. The molecule has 1 aromatic carbocycles. The summed E-state index contributed by atoms with van der Waals surface area (Å²) in [5.74, 6) is -0.143. The summed E-state index contributed by atoms with van der Waals surface area (Å²) in [5, 5.41) is 0.260. The topological polar surface area (TPSA) is 59.2 Å². The Morgan fingerprint density at radius 2 is 2.00 bits per heavy atom. The standard InChI is InChI=1S/C16H18ClN3O/c1-11(2)20(10-12-6-4-3-5-7-12)16(21)13-8-15(17)19-9-14(13)18/h3-9,11H,10,18H2,1-2H3. The summed E-state index contributed by atoms with van der Waals surface area (Å²) in [6, 6.07) is 11.4. The van der Waals surface area contributed by atoms with Crippen LogP contribution in [0.5, 0.6) is 0 Å². The first-order chi connectivity index (χ1) is 9.99. The zero-order chi connectivity index (χ0) is 15.4. The molecule has 1 amide bonds. The fourth-order valence-corrected chi connectivity index (χ4v) is 2.21. The van der Waals surface area contributed by atoms with Gasteiger partial charge in [-0.2, -0.15) is 0 Å². The van der Waals surface area contributed by atoms with Crippen molar-refractivity contribution in [3.8, 4) is 0 Å². The molecule has 5 heteroatoms. The van der Waals surface area contributed by atoms with Crippen molar-refractivity contribution < 1.29 is 4.79 Å². The second-order valence-corrected chi connectivity index (χ2v) is 5.49. The highest BCUT2D eigenvalue weighted by atomic mass is 35.5. The van der Waals surface area contributed by atoms with Gasteiger partial charge >= 0.3 is 0 Å². The summed E-state index contributed by atoms with van der Waals surface area (Å²) in [4.78, 5) is 18.4. The second-order valence-electron chi connectivity index (χ2n) is 5.11. The van der Waals surface area contributed by atoms with Crippen LogP contribution in [0.4, 0.5) is 5.69 Å². The summed E-state index contributed by atoms with van der Waals surface area (Å²) in [5.41, 5.74) is 7.65. The predicted octanol–water partition coefficient (Wildman–Crippen LogP) is 3.37. The highest BCUT2D eigenvalue weighted by molar-refractivity contribution is 6.29. The third-order valence-electron chi connectivity index (χ3n) is 3.21. The molecule has 0 aliphatic rings. The minimum absolute atomic E-state index is 0.0454. The quantitative estimate of drug-likeness (QED) is 0.881. The van der Waals surface area contributed by atoms with Crippen molar-refractivity contribution in [3.63, 3.8) is 0 Å². The molecular weight excluding hydrogens is 286 g/mol. The predicted molar refractivity (Wildman–Crippen MR) is 85.1 cm³/mol. The Kier molecular flexibility index (Phi) is 4.81. The van der Waals surface area contributed by atoms with E-state index >= 15 is 0 Å². The largest absolute Gasteiger partial charge is 0.397 e. The number of halogens is 1. The molecule has 0 fully saturated rings. The fourth-order valence-electron chi connectivity index (χ4n) is 2.05. The average molecular weight is 304 g/mol. The number of pyridine rings is 1. The van der Waals surface area contributed by atoms with Gasteiger partial charge in [-0.05, 0) is 25.5 Å². The average Bonchev–Trinajstić information content (AvgIpc) is 2.47. The van der Waals surface area contributed by atoms with Gasteiger partial charge in [-0.25, -0.2) is 4.98 Å². The van der Waals surface area contributed by atoms with E-state index in [2.05, 4.69) is 4.98 Å². The maximum atomic E-state index is 12.7. The Balaban J connectivity index is 2.30. The minimum Gasteiger partial charge on any atom is -0.397 e. The Labute approximate surface area is 129 Å². The van der Waals surface area contributed by atoms with Crippen LogP contribution < -0.4 is 5.73 Å². The van der Waals surface area contributed by atoms with Gasteiger partial charge in [0.1, 0.15) is 5.15 Å². The van der Waals surface area contributed by atoms with Crippen LogP contribution in [0.15, 0.2) is 42.6 Å². The van der Waals surface area contributed by atoms with Crippen molar-refractivity contribution in [2.75, 3.05) is 5.73 Å². The Morgan fingerprint density at radius 1 is 1.33 bits per heavy atom. The van der Waals surface area contributed by atoms with Gasteiger partial charge in [0.25, 0.3) is 5.91 Å². The van der Waals surface area contributed by atoms with Gasteiger partial charge in [-0.3, -0.25) is 4.79 Å². The molecular formula is C16H18ClN3O. The van der Waals surface area contributed by atoms with E-state index in [4.69, 9.17) is 17.3 Å². The van der Waals surface area contributed by atoms with Crippen LogP contribution in [-0.2, 0) is 6.54 Å². The van der Waals surface area contributed by atoms with Crippen LogP contribution in [-0.4, -0.2) is 21.8 Å². The van der Waals surface area contributed by atoms with Crippen molar-refractivity contribution in [3.05, 3.63) is 58.9 Å². The van der Waals surface area contributed by atoms with Crippen LogP contribution in [0.1, 0.15) is 29.8 Å². The number of nitrogens with zero attached hydrogens (tertiary/aromatic N) is 2. The van der Waals surface area contributed by atoms with E-state index in [0.29, 0.717) is 17.8 Å². The molecule has 4 nitrogen and oxygen atoms in total. The molecule has 0 saturated heterocycles. The van der Waals surface area contributed by atoms with Crippen molar-refractivity contribution in [1.82, 2.24) is 9.88 Å². The maximum absolute atomic E-state index is 12.7. The molecule has 0 saturated carbocycles. The van der Waals surface area contributed by atoms with Gasteiger partial charge in [0.15, 0.2) is 0 Å². The summed E-state index contributed by atoms with van der Waals surface area (Å²) >= 11 is 5.87. The van der Waals surface area contributed by atoms with E-state index in [1.807, 2.05) is 44.2 Å². The van der Waals surface area contributed by atoms with Crippen LogP contribution in [0.25, 0.3) is 0 Å². The van der Waals surface area contributed by atoms with Crippen molar-refractivity contribution in [2.24, 2.45) is 0 Å². The molecule has 0 atom stereocenters. The first-order valence-corrected chi connectivity index (χ1v) is 7.12. The van der Waals surface area contributed by atoms with Crippen LogP contribution in [0, 0.1) is 0 Å². The summed E-state index contributed by atoms with van der Waals surface area (Å²) in [6.07, 6.45) is 1.41. The number of rotatable bonds is 4. The van der Waals surface area contributed by atoms with E-state index < -0.39 is 0 Å². The number of amides is 1. The van der Waals surface area contributed by atoms with Crippen LogP contribution >= 0.6 is 11.6 Å². The van der Waals surface area contributed by atoms with Crippen molar-refractivity contribution in [1.29, 1.82) is 0 Å². The van der Waals surface area contributed by atoms with Gasteiger partial charge in [-0.15, -0.1) is 0 Å². The number of nitrogens with two attached hydrogens (primary N) is 1. The highest BCUT2D eigenvalue weighted by Crippen LogP contribution is 2.20. The molecule has 0 aliphatic heterocycles. The lowest BCUT2D eigenvalue weighted by atomic mass is 10.1. The number of hydrogen-bond donors (Lipinski definition) is 1. The highest BCUT2D eigenvalue weighted by Gasteiger charge is 2.21. The lowest BCUT2D eigenvalue weighted by molar-refractivity contribution is 0.0691. The molecule has 0 spiro atoms.